The molecule has 0 amide bonds. The van der Waals surface area contributed by atoms with Crippen LogP contribution in [0.1, 0.15) is 30.0 Å². The Morgan fingerprint density at radius 3 is 2.60 bits per heavy atom. The Morgan fingerprint density at radius 2 is 1.84 bits per heavy atom. The second-order valence-corrected chi connectivity index (χ2v) is 6.26. The Balaban J connectivity index is 1.52. The first kappa shape index (κ1) is 15.8. The highest BCUT2D eigenvalue weighted by Crippen LogP contribution is 2.31. The first-order valence-corrected chi connectivity index (χ1v) is 8.74. The van der Waals surface area contributed by atoms with E-state index in [4.69, 9.17) is 4.74 Å². The van der Waals surface area contributed by atoms with Crippen LogP contribution in [0.25, 0.3) is 0 Å². The molecule has 5 nitrogen and oxygen atoms in total. The van der Waals surface area contributed by atoms with Gasteiger partial charge in [-0.25, -0.2) is 4.68 Å². The van der Waals surface area contributed by atoms with Crippen LogP contribution < -0.4 is 4.90 Å². The van der Waals surface area contributed by atoms with Crippen molar-refractivity contribution >= 4 is 5.69 Å². The molecule has 0 radical (unpaired) electrons. The standard InChI is InChI=1S/C20H22N4O/c1-2-16-8-10-18(11-9-16)24-12-13-25-20(24)19-15-23(22-21-19)14-17-6-4-3-5-7-17/h3-11,15,20H,2,12-14H2,1H3/t20-/m0/s1. The number of benzene rings is 2. The summed E-state index contributed by atoms with van der Waals surface area (Å²) in [6, 6.07) is 19.0. The lowest BCUT2D eigenvalue weighted by Crippen LogP contribution is -2.23. The van der Waals surface area contributed by atoms with Crippen LogP contribution in [0.5, 0.6) is 0 Å². The predicted octanol–water partition coefficient (Wildman–Crippen LogP) is 3.42. The van der Waals surface area contributed by atoms with E-state index in [-0.39, 0.29) is 6.23 Å². The summed E-state index contributed by atoms with van der Waals surface area (Å²) >= 11 is 0. The van der Waals surface area contributed by atoms with Crippen LogP contribution in [0.2, 0.25) is 0 Å². The molecule has 2 heterocycles. The van der Waals surface area contributed by atoms with Gasteiger partial charge < -0.3 is 9.64 Å². The summed E-state index contributed by atoms with van der Waals surface area (Å²) in [6.45, 7) is 4.45. The molecule has 0 unspecified atom stereocenters. The topological polar surface area (TPSA) is 43.2 Å². The Morgan fingerprint density at radius 1 is 1.04 bits per heavy atom. The molecule has 1 atom stereocenters. The lowest BCUT2D eigenvalue weighted by molar-refractivity contribution is 0.110. The maximum Gasteiger partial charge on any atom is 0.177 e. The fraction of sp³-hybridized carbons (Fsp3) is 0.300. The van der Waals surface area contributed by atoms with E-state index in [9.17, 15) is 0 Å². The number of anilines is 1. The fourth-order valence-corrected chi connectivity index (χ4v) is 3.18. The van der Waals surface area contributed by atoms with Crippen molar-refractivity contribution < 1.29 is 4.74 Å². The van der Waals surface area contributed by atoms with Crippen molar-refractivity contribution in [3.05, 3.63) is 77.6 Å². The van der Waals surface area contributed by atoms with Crippen LogP contribution in [0, 0.1) is 0 Å². The maximum atomic E-state index is 5.94. The lowest BCUT2D eigenvalue weighted by Gasteiger charge is -2.23. The summed E-state index contributed by atoms with van der Waals surface area (Å²) in [4.78, 5) is 2.25. The van der Waals surface area contributed by atoms with E-state index in [1.165, 1.54) is 11.1 Å². The molecule has 0 N–H and O–H groups in total. The molecular formula is C20H22N4O. The monoisotopic (exact) mass is 334 g/mol. The van der Waals surface area contributed by atoms with Gasteiger partial charge in [-0.05, 0) is 29.7 Å². The molecule has 0 saturated carbocycles. The molecule has 1 fully saturated rings. The first-order valence-electron chi connectivity index (χ1n) is 8.74. The van der Waals surface area contributed by atoms with Crippen molar-refractivity contribution in [1.82, 2.24) is 15.0 Å². The smallest absolute Gasteiger partial charge is 0.177 e. The van der Waals surface area contributed by atoms with Gasteiger partial charge in [0, 0.05) is 12.2 Å². The average Bonchev–Trinajstić information content (AvgIpc) is 3.32. The highest BCUT2D eigenvalue weighted by molar-refractivity contribution is 5.49. The lowest BCUT2D eigenvalue weighted by atomic mass is 10.1. The third-order valence-electron chi connectivity index (χ3n) is 4.56. The van der Waals surface area contributed by atoms with Crippen molar-refractivity contribution in [1.29, 1.82) is 0 Å². The van der Waals surface area contributed by atoms with Gasteiger partial charge in [-0.1, -0.05) is 54.6 Å². The highest BCUT2D eigenvalue weighted by atomic mass is 16.5. The molecule has 5 heteroatoms. The summed E-state index contributed by atoms with van der Waals surface area (Å²) in [6.07, 6.45) is 2.86. The quantitative estimate of drug-likeness (QED) is 0.717. The van der Waals surface area contributed by atoms with Crippen molar-refractivity contribution in [2.24, 2.45) is 0 Å². The average molecular weight is 334 g/mol. The molecule has 1 aliphatic rings. The van der Waals surface area contributed by atoms with Crippen LogP contribution in [-0.2, 0) is 17.7 Å². The van der Waals surface area contributed by atoms with E-state index in [0.717, 1.165) is 24.3 Å². The maximum absolute atomic E-state index is 5.94. The van der Waals surface area contributed by atoms with E-state index >= 15 is 0 Å². The third kappa shape index (κ3) is 3.42. The van der Waals surface area contributed by atoms with Gasteiger partial charge in [0.05, 0.1) is 19.3 Å². The highest BCUT2D eigenvalue weighted by Gasteiger charge is 2.29. The number of nitrogens with zero attached hydrogens (tertiary/aromatic N) is 4. The third-order valence-corrected chi connectivity index (χ3v) is 4.56. The summed E-state index contributed by atoms with van der Waals surface area (Å²) in [5, 5.41) is 8.62. The van der Waals surface area contributed by atoms with Crippen LogP contribution in [-0.4, -0.2) is 28.1 Å². The van der Waals surface area contributed by atoms with E-state index < -0.39 is 0 Å². The summed E-state index contributed by atoms with van der Waals surface area (Å²) in [7, 11) is 0. The SMILES string of the molecule is CCc1ccc(N2CCO[C@H]2c2cn(Cc3ccccc3)nn2)cc1. The molecule has 1 saturated heterocycles. The van der Waals surface area contributed by atoms with Crippen molar-refractivity contribution in [3.63, 3.8) is 0 Å². The number of rotatable bonds is 5. The van der Waals surface area contributed by atoms with Gasteiger partial charge in [-0.3, -0.25) is 0 Å². The zero-order valence-corrected chi connectivity index (χ0v) is 14.4. The van der Waals surface area contributed by atoms with Crippen LogP contribution in [0.15, 0.2) is 60.8 Å². The molecule has 2 aromatic carbocycles. The van der Waals surface area contributed by atoms with Crippen LogP contribution in [0.3, 0.4) is 0 Å². The molecule has 3 aromatic rings. The molecule has 25 heavy (non-hydrogen) atoms. The van der Waals surface area contributed by atoms with Crippen molar-refractivity contribution in [2.45, 2.75) is 26.1 Å². The normalized spacial score (nSPS) is 17.2. The van der Waals surface area contributed by atoms with Gasteiger partial charge in [0.2, 0.25) is 0 Å². The number of aryl methyl sites for hydroxylation is 1. The zero-order valence-electron chi connectivity index (χ0n) is 14.4. The summed E-state index contributed by atoms with van der Waals surface area (Å²) < 4.78 is 7.80. The second-order valence-electron chi connectivity index (χ2n) is 6.26. The van der Waals surface area contributed by atoms with Crippen molar-refractivity contribution in [3.8, 4) is 0 Å². The van der Waals surface area contributed by atoms with E-state index in [0.29, 0.717) is 13.2 Å². The summed E-state index contributed by atoms with van der Waals surface area (Å²) in [5.74, 6) is 0. The molecular weight excluding hydrogens is 312 g/mol. The van der Waals surface area contributed by atoms with Crippen molar-refractivity contribution in [2.75, 3.05) is 18.1 Å². The molecule has 1 aromatic heterocycles. The Kier molecular flexibility index (Phi) is 4.48. The van der Waals surface area contributed by atoms with Gasteiger partial charge >= 0.3 is 0 Å². The van der Waals surface area contributed by atoms with Gasteiger partial charge in [0.1, 0.15) is 5.69 Å². The fourth-order valence-electron chi connectivity index (χ4n) is 3.18. The van der Waals surface area contributed by atoms with Gasteiger partial charge in [-0.15, -0.1) is 5.10 Å². The second kappa shape index (κ2) is 7.07. The largest absolute Gasteiger partial charge is 0.350 e. The number of aromatic nitrogens is 3. The van der Waals surface area contributed by atoms with Gasteiger partial charge in [0.15, 0.2) is 6.23 Å². The van der Waals surface area contributed by atoms with Gasteiger partial charge in [0.25, 0.3) is 0 Å². The molecule has 0 aliphatic carbocycles. The van der Waals surface area contributed by atoms with E-state index in [1.807, 2.05) is 29.1 Å². The first-order chi connectivity index (χ1) is 12.3. The molecule has 0 bridgehead atoms. The van der Waals surface area contributed by atoms with E-state index in [2.05, 4.69) is 58.5 Å². The Bertz CT molecular complexity index is 813. The molecule has 128 valence electrons. The van der Waals surface area contributed by atoms with Crippen LogP contribution >= 0.6 is 0 Å². The predicted molar refractivity (Wildman–Crippen MR) is 97.4 cm³/mol. The van der Waals surface area contributed by atoms with Crippen LogP contribution in [0.4, 0.5) is 5.69 Å². The van der Waals surface area contributed by atoms with E-state index in [1.54, 1.807) is 0 Å². The minimum atomic E-state index is -0.169. The zero-order chi connectivity index (χ0) is 17.1. The molecule has 1 aliphatic heterocycles. The number of ether oxygens (including phenoxy) is 1. The van der Waals surface area contributed by atoms with Gasteiger partial charge in [-0.2, -0.15) is 0 Å². The molecule has 4 rings (SSSR count). The number of hydrogen-bond donors (Lipinski definition) is 0. The Labute approximate surface area is 147 Å². The summed E-state index contributed by atoms with van der Waals surface area (Å²) in [5.41, 5.74) is 4.57. The minimum Gasteiger partial charge on any atom is -0.350 e. The minimum absolute atomic E-state index is 0.169. The Hall–Kier alpha value is -2.66. The number of hydrogen-bond acceptors (Lipinski definition) is 4. The molecule has 0 spiro atoms.